The van der Waals surface area contributed by atoms with Gasteiger partial charge in [-0.2, -0.15) is 0 Å². The molecule has 0 bridgehead atoms. The van der Waals surface area contributed by atoms with Gasteiger partial charge in [-0.3, -0.25) is 0 Å². The predicted molar refractivity (Wildman–Crippen MR) is 111 cm³/mol. The van der Waals surface area contributed by atoms with Gasteiger partial charge in [0.15, 0.2) is 0 Å². The van der Waals surface area contributed by atoms with Gasteiger partial charge in [0, 0.05) is 13.1 Å². The van der Waals surface area contributed by atoms with Crippen LogP contribution in [0.15, 0.2) is 54.6 Å². The Balaban J connectivity index is 2.30. The first-order valence-electron chi connectivity index (χ1n) is 9.49. The molecule has 0 radical (unpaired) electrons. The molecule has 0 saturated carbocycles. The topological polar surface area (TPSA) is 55.8 Å². The van der Waals surface area contributed by atoms with Gasteiger partial charge >= 0.3 is 12.1 Å². The van der Waals surface area contributed by atoms with E-state index >= 15 is 0 Å². The van der Waals surface area contributed by atoms with Gasteiger partial charge in [0.2, 0.25) is 0 Å². The van der Waals surface area contributed by atoms with E-state index < -0.39 is 11.7 Å². The third-order valence-corrected chi connectivity index (χ3v) is 4.21. The molecule has 0 saturated heterocycles. The maximum Gasteiger partial charge on any atom is 0.410 e. The Morgan fingerprint density at radius 3 is 2.43 bits per heavy atom. The highest BCUT2D eigenvalue weighted by atomic mass is 16.6. The normalized spacial score (nSPS) is 12.8. The summed E-state index contributed by atoms with van der Waals surface area (Å²) in [6.45, 7) is 7.61. The molecule has 5 nitrogen and oxygen atoms in total. The van der Waals surface area contributed by atoms with E-state index in [2.05, 4.69) is 6.07 Å². The molecule has 0 spiro atoms. The highest BCUT2D eigenvalue weighted by Crippen LogP contribution is 2.28. The van der Waals surface area contributed by atoms with Gasteiger partial charge in [-0.15, -0.1) is 0 Å². The van der Waals surface area contributed by atoms with Gasteiger partial charge in [-0.1, -0.05) is 42.5 Å². The van der Waals surface area contributed by atoms with E-state index in [1.165, 1.54) is 6.08 Å². The van der Waals surface area contributed by atoms with Gasteiger partial charge in [-0.05, 0) is 56.5 Å². The van der Waals surface area contributed by atoms with Crippen LogP contribution in [0.3, 0.4) is 0 Å². The molecule has 150 valence electrons. The molecule has 28 heavy (non-hydrogen) atoms. The zero-order valence-electron chi connectivity index (χ0n) is 17.3. The van der Waals surface area contributed by atoms with Crippen LogP contribution in [0.1, 0.15) is 45.7 Å². The van der Waals surface area contributed by atoms with Gasteiger partial charge in [0.25, 0.3) is 0 Å². The van der Waals surface area contributed by atoms with E-state index in [0.29, 0.717) is 13.0 Å². The van der Waals surface area contributed by atoms with E-state index in [1.54, 1.807) is 24.9 Å². The van der Waals surface area contributed by atoms with Crippen LogP contribution in [0.5, 0.6) is 0 Å². The zero-order chi connectivity index (χ0) is 20.7. The second kappa shape index (κ2) is 9.40. The standard InChI is InChI=1S/C23H29NO4/c1-6-27-21(25)13-9-12-20(24(5)22(26)28-23(2,3)4)19-15-14-17-10-7-8-11-18(17)16-19/h7-11,13-16,20H,6,12H2,1-5H3. The fourth-order valence-electron chi connectivity index (χ4n) is 2.88. The predicted octanol–water partition coefficient (Wildman–Crippen LogP) is 5.26. The zero-order valence-corrected chi connectivity index (χ0v) is 17.3. The number of hydrogen-bond acceptors (Lipinski definition) is 4. The second-order valence-corrected chi connectivity index (χ2v) is 7.60. The molecule has 1 atom stereocenters. The molecule has 0 aromatic heterocycles. The van der Waals surface area contributed by atoms with Crippen LogP contribution in [0, 0.1) is 0 Å². The number of amides is 1. The molecule has 1 unspecified atom stereocenters. The van der Waals surface area contributed by atoms with E-state index in [-0.39, 0.29) is 12.0 Å². The van der Waals surface area contributed by atoms with Crippen molar-refractivity contribution in [3.05, 3.63) is 60.2 Å². The van der Waals surface area contributed by atoms with Crippen molar-refractivity contribution in [2.75, 3.05) is 13.7 Å². The summed E-state index contributed by atoms with van der Waals surface area (Å²) in [6.07, 6.45) is 3.20. The summed E-state index contributed by atoms with van der Waals surface area (Å²) in [5.41, 5.74) is 0.389. The molecule has 0 aliphatic rings. The number of fused-ring (bicyclic) bond motifs is 1. The summed E-state index contributed by atoms with van der Waals surface area (Å²) in [5.74, 6) is -0.389. The maximum atomic E-state index is 12.6. The summed E-state index contributed by atoms with van der Waals surface area (Å²) in [6, 6.07) is 13.9. The molecule has 2 rings (SSSR count). The third-order valence-electron chi connectivity index (χ3n) is 4.21. The minimum absolute atomic E-state index is 0.273. The number of nitrogens with zero attached hydrogens (tertiary/aromatic N) is 1. The summed E-state index contributed by atoms with van der Waals surface area (Å²) in [5, 5.41) is 2.23. The lowest BCUT2D eigenvalue weighted by atomic mass is 9.98. The smallest absolute Gasteiger partial charge is 0.410 e. The third kappa shape index (κ3) is 6.12. The van der Waals surface area contributed by atoms with Crippen LogP contribution < -0.4 is 0 Å². The molecular weight excluding hydrogens is 354 g/mol. The van der Waals surface area contributed by atoms with Crippen molar-refractivity contribution in [3.8, 4) is 0 Å². The van der Waals surface area contributed by atoms with Crippen LogP contribution in [0.2, 0.25) is 0 Å². The molecule has 0 N–H and O–H groups in total. The lowest BCUT2D eigenvalue weighted by Crippen LogP contribution is -2.36. The van der Waals surface area contributed by atoms with Crippen molar-refractivity contribution in [1.82, 2.24) is 4.90 Å². The molecule has 0 aliphatic carbocycles. The van der Waals surface area contributed by atoms with Crippen LogP contribution in [0.25, 0.3) is 10.8 Å². The average Bonchev–Trinajstić information content (AvgIpc) is 2.63. The highest BCUT2D eigenvalue weighted by Gasteiger charge is 2.26. The number of ether oxygens (including phenoxy) is 2. The van der Waals surface area contributed by atoms with Crippen LogP contribution in [-0.4, -0.2) is 36.2 Å². The van der Waals surface area contributed by atoms with Crippen LogP contribution >= 0.6 is 0 Å². The van der Waals surface area contributed by atoms with Gasteiger partial charge < -0.3 is 14.4 Å². The lowest BCUT2D eigenvalue weighted by Gasteiger charge is -2.30. The Morgan fingerprint density at radius 2 is 1.79 bits per heavy atom. The first-order valence-corrected chi connectivity index (χ1v) is 9.49. The quantitative estimate of drug-likeness (QED) is 0.504. The molecule has 2 aromatic carbocycles. The Morgan fingerprint density at radius 1 is 1.11 bits per heavy atom. The van der Waals surface area contributed by atoms with Crippen LogP contribution in [0.4, 0.5) is 4.79 Å². The average molecular weight is 383 g/mol. The van der Waals surface area contributed by atoms with E-state index in [9.17, 15) is 9.59 Å². The molecular formula is C23H29NO4. The van der Waals surface area contributed by atoms with Gasteiger partial charge in [0.05, 0.1) is 12.6 Å². The van der Waals surface area contributed by atoms with Crippen molar-refractivity contribution >= 4 is 22.8 Å². The fraction of sp³-hybridized carbons (Fsp3) is 0.391. The SMILES string of the molecule is CCOC(=O)C=CCC(c1ccc2ccccc2c1)N(C)C(=O)OC(C)(C)C. The Bertz CT molecular complexity index is 851. The monoisotopic (exact) mass is 383 g/mol. The minimum atomic E-state index is -0.583. The molecule has 1 amide bonds. The Kier molecular flexibility index (Phi) is 7.21. The van der Waals surface area contributed by atoms with Crippen molar-refractivity contribution in [2.24, 2.45) is 0 Å². The summed E-state index contributed by atoms with van der Waals surface area (Å²) >= 11 is 0. The number of benzene rings is 2. The maximum absolute atomic E-state index is 12.6. The van der Waals surface area contributed by atoms with Crippen molar-refractivity contribution in [2.45, 2.75) is 45.8 Å². The summed E-state index contributed by atoms with van der Waals surface area (Å²) in [4.78, 5) is 25.8. The summed E-state index contributed by atoms with van der Waals surface area (Å²) in [7, 11) is 1.71. The van der Waals surface area contributed by atoms with E-state index in [4.69, 9.17) is 9.47 Å². The number of rotatable bonds is 6. The van der Waals surface area contributed by atoms with Gasteiger partial charge in [-0.25, -0.2) is 9.59 Å². The molecule has 0 aliphatic heterocycles. The molecule has 0 fully saturated rings. The molecule has 0 heterocycles. The first-order chi connectivity index (χ1) is 13.2. The van der Waals surface area contributed by atoms with Crippen molar-refractivity contribution in [3.63, 3.8) is 0 Å². The van der Waals surface area contributed by atoms with Crippen molar-refractivity contribution in [1.29, 1.82) is 0 Å². The lowest BCUT2D eigenvalue weighted by molar-refractivity contribution is -0.137. The fourth-order valence-corrected chi connectivity index (χ4v) is 2.88. The summed E-state index contributed by atoms with van der Waals surface area (Å²) < 4.78 is 10.5. The van der Waals surface area contributed by atoms with E-state index in [1.807, 2.05) is 57.2 Å². The Labute approximate surface area is 166 Å². The Hall–Kier alpha value is -2.82. The minimum Gasteiger partial charge on any atom is -0.463 e. The van der Waals surface area contributed by atoms with Crippen LogP contribution in [-0.2, 0) is 14.3 Å². The number of carbonyl (C=O) groups is 2. The van der Waals surface area contributed by atoms with Crippen molar-refractivity contribution < 1.29 is 19.1 Å². The number of hydrogen-bond donors (Lipinski definition) is 0. The molecule has 5 heteroatoms. The van der Waals surface area contributed by atoms with E-state index in [0.717, 1.165) is 16.3 Å². The first kappa shape index (κ1) is 21.5. The second-order valence-electron chi connectivity index (χ2n) is 7.60. The molecule has 2 aromatic rings. The van der Waals surface area contributed by atoms with Gasteiger partial charge in [0.1, 0.15) is 5.60 Å². The highest BCUT2D eigenvalue weighted by molar-refractivity contribution is 5.83. The number of esters is 1. The largest absolute Gasteiger partial charge is 0.463 e. The number of carbonyl (C=O) groups excluding carboxylic acids is 2.